The number of ether oxygens (including phenoxy) is 3. The van der Waals surface area contributed by atoms with Crippen LogP contribution in [0.25, 0.3) is 0 Å². The van der Waals surface area contributed by atoms with Gasteiger partial charge >= 0.3 is 12.3 Å². The first-order valence-corrected chi connectivity index (χ1v) is 6.38. The Bertz CT molecular complexity index is 493. The third-order valence-electron chi connectivity index (χ3n) is 2.20. The van der Waals surface area contributed by atoms with E-state index in [0.717, 1.165) is 13.2 Å². The molecule has 0 spiro atoms. The molecule has 0 aromatic carbocycles. The van der Waals surface area contributed by atoms with Crippen LogP contribution < -0.4 is 9.47 Å². The van der Waals surface area contributed by atoms with Crippen molar-refractivity contribution >= 4 is 21.9 Å². The van der Waals surface area contributed by atoms with Crippen molar-refractivity contribution in [1.29, 1.82) is 0 Å². The first-order chi connectivity index (χ1) is 9.30. The van der Waals surface area contributed by atoms with Crippen molar-refractivity contribution in [3.63, 3.8) is 0 Å². The van der Waals surface area contributed by atoms with Crippen LogP contribution in [-0.4, -0.2) is 31.5 Å². The van der Waals surface area contributed by atoms with Crippen LogP contribution in [0.15, 0.2) is 6.07 Å². The van der Waals surface area contributed by atoms with Gasteiger partial charge in [-0.2, -0.15) is 0 Å². The Labute approximate surface area is 121 Å². The number of nitrogens with zero attached hydrogens (tertiary/aromatic N) is 1. The van der Waals surface area contributed by atoms with E-state index in [1.165, 1.54) is 7.11 Å². The molecule has 1 aromatic heterocycles. The minimum absolute atomic E-state index is 0.107. The first kappa shape index (κ1) is 16.5. The summed E-state index contributed by atoms with van der Waals surface area (Å²) in [5, 5.41) is 0.218. The predicted octanol–water partition coefficient (Wildman–Crippen LogP) is 2.60. The number of hydrogen-bond acceptors (Lipinski definition) is 5. The largest absolute Gasteiger partial charge is 0.573 e. The van der Waals surface area contributed by atoms with Gasteiger partial charge in [0.2, 0.25) is 5.88 Å². The lowest BCUT2D eigenvalue weighted by molar-refractivity contribution is -0.275. The smallest absolute Gasteiger partial charge is 0.481 e. The molecule has 0 radical (unpaired) electrons. The monoisotopic (exact) mass is 357 g/mol. The van der Waals surface area contributed by atoms with Crippen molar-refractivity contribution in [2.45, 2.75) is 18.1 Å². The molecule has 1 aromatic rings. The second-order valence-corrected chi connectivity index (χ2v) is 4.10. The van der Waals surface area contributed by atoms with Crippen LogP contribution in [0.2, 0.25) is 0 Å². The minimum atomic E-state index is -4.88. The summed E-state index contributed by atoms with van der Waals surface area (Å²) in [5.74, 6) is -1.19. The summed E-state index contributed by atoms with van der Waals surface area (Å²) < 4.78 is 50.3. The summed E-state index contributed by atoms with van der Waals surface area (Å²) in [5.41, 5.74) is 0.149. The fourth-order valence-electron chi connectivity index (χ4n) is 1.37. The number of methoxy groups -OCH3 is 2. The molecule has 0 aliphatic heterocycles. The van der Waals surface area contributed by atoms with Gasteiger partial charge in [0.05, 0.1) is 26.3 Å². The predicted molar refractivity (Wildman–Crippen MR) is 65.8 cm³/mol. The zero-order chi connectivity index (χ0) is 15.3. The Balaban J connectivity index is 3.25. The lowest BCUT2D eigenvalue weighted by Crippen LogP contribution is -2.20. The van der Waals surface area contributed by atoms with Crippen LogP contribution >= 0.6 is 15.9 Å². The highest BCUT2D eigenvalue weighted by Crippen LogP contribution is 2.31. The molecular formula is C11H11BrF3NO4. The molecule has 0 unspecified atom stereocenters. The van der Waals surface area contributed by atoms with Crippen LogP contribution in [0.5, 0.6) is 11.6 Å². The fraction of sp³-hybridized carbons (Fsp3) is 0.455. The number of aromatic nitrogens is 1. The van der Waals surface area contributed by atoms with Gasteiger partial charge in [-0.1, -0.05) is 15.9 Å². The highest BCUT2D eigenvalue weighted by atomic mass is 79.9. The van der Waals surface area contributed by atoms with Crippen molar-refractivity contribution in [3.8, 4) is 11.6 Å². The normalized spacial score (nSPS) is 11.1. The van der Waals surface area contributed by atoms with E-state index in [1.807, 2.05) is 0 Å². The van der Waals surface area contributed by atoms with E-state index in [-0.39, 0.29) is 16.9 Å². The molecule has 20 heavy (non-hydrogen) atoms. The van der Waals surface area contributed by atoms with Crippen LogP contribution in [0.1, 0.15) is 11.3 Å². The molecule has 0 fully saturated rings. The SMILES string of the molecule is COC(=O)Cc1nc(OC)c(CBr)cc1OC(F)(F)F. The highest BCUT2D eigenvalue weighted by molar-refractivity contribution is 9.08. The summed E-state index contributed by atoms with van der Waals surface area (Å²) in [4.78, 5) is 15.1. The van der Waals surface area contributed by atoms with E-state index >= 15 is 0 Å². The Hall–Kier alpha value is -1.51. The zero-order valence-corrected chi connectivity index (χ0v) is 12.2. The van der Waals surface area contributed by atoms with E-state index in [9.17, 15) is 18.0 Å². The summed E-state index contributed by atoms with van der Waals surface area (Å²) in [6.45, 7) is 0. The molecule has 112 valence electrons. The zero-order valence-electron chi connectivity index (χ0n) is 10.6. The van der Waals surface area contributed by atoms with E-state index in [2.05, 4.69) is 30.4 Å². The number of hydrogen-bond donors (Lipinski definition) is 0. The van der Waals surface area contributed by atoms with Gasteiger partial charge in [-0.15, -0.1) is 13.2 Å². The van der Waals surface area contributed by atoms with Crippen molar-refractivity contribution in [1.82, 2.24) is 4.98 Å². The summed E-state index contributed by atoms with van der Waals surface area (Å²) in [7, 11) is 2.44. The molecule has 1 rings (SSSR count). The second-order valence-electron chi connectivity index (χ2n) is 3.54. The van der Waals surface area contributed by atoms with E-state index < -0.39 is 24.5 Å². The number of alkyl halides is 4. The maximum Gasteiger partial charge on any atom is 0.573 e. The average molecular weight is 358 g/mol. The van der Waals surface area contributed by atoms with Gasteiger partial charge in [-0.05, 0) is 6.07 Å². The van der Waals surface area contributed by atoms with Crippen LogP contribution in [0.3, 0.4) is 0 Å². The summed E-state index contributed by atoms with van der Waals surface area (Å²) in [6.07, 6.45) is -5.34. The Morgan fingerprint density at radius 3 is 2.50 bits per heavy atom. The Kier molecular flexibility index (Phi) is 5.61. The molecule has 0 amide bonds. The summed E-state index contributed by atoms with van der Waals surface area (Å²) in [6, 6.07) is 1.12. The standard InChI is InChI=1S/C11H11BrF3NO4/c1-18-9(17)4-7-8(20-11(13,14)15)3-6(5-12)10(16-7)19-2/h3H,4-5H2,1-2H3. The lowest BCUT2D eigenvalue weighted by Gasteiger charge is -2.15. The molecule has 0 N–H and O–H groups in total. The quantitative estimate of drug-likeness (QED) is 0.598. The summed E-state index contributed by atoms with van der Waals surface area (Å²) >= 11 is 3.10. The van der Waals surface area contributed by atoms with E-state index in [4.69, 9.17) is 4.74 Å². The molecule has 0 atom stereocenters. The van der Waals surface area contributed by atoms with Crippen molar-refractivity contribution in [3.05, 3.63) is 17.3 Å². The van der Waals surface area contributed by atoms with Crippen LogP contribution in [0.4, 0.5) is 13.2 Å². The Morgan fingerprint density at radius 1 is 1.40 bits per heavy atom. The van der Waals surface area contributed by atoms with Crippen molar-refractivity contribution in [2.75, 3.05) is 14.2 Å². The molecule has 0 saturated heterocycles. The first-order valence-electron chi connectivity index (χ1n) is 5.26. The molecule has 9 heteroatoms. The van der Waals surface area contributed by atoms with E-state index in [0.29, 0.717) is 5.56 Å². The molecule has 0 aliphatic rings. The maximum absolute atomic E-state index is 12.3. The number of esters is 1. The topological polar surface area (TPSA) is 57.7 Å². The minimum Gasteiger partial charge on any atom is -0.481 e. The molecule has 0 bridgehead atoms. The van der Waals surface area contributed by atoms with Crippen LogP contribution in [-0.2, 0) is 21.3 Å². The lowest BCUT2D eigenvalue weighted by atomic mass is 10.2. The van der Waals surface area contributed by atoms with E-state index in [1.54, 1.807) is 0 Å². The third-order valence-corrected chi connectivity index (χ3v) is 2.81. The third kappa shape index (κ3) is 4.55. The van der Waals surface area contributed by atoms with Gasteiger partial charge < -0.3 is 14.2 Å². The average Bonchev–Trinajstić information content (AvgIpc) is 2.38. The number of rotatable bonds is 5. The Morgan fingerprint density at radius 2 is 2.05 bits per heavy atom. The second kappa shape index (κ2) is 6.78. The van der Waals surface area contributed by atoms with Gasteiger partial charge in [0.25, 0.3) is 0 Å². The fourth-order valence-corrected chi connectivity index (χ4v) is 1.78. The van der Waals surface area contributed by atoms with Crippen molar-refractivity contribution in [2.24, 2.45) is 0 Å². The van der Waals surface area contributed by atoms with Crippen LogP contribution in [0, 0.1) is 0 Å². The van der Waals surface area contributed by atoms with Crippen molar-refractivity contribution < 1.29 is 32.2 Å². The molecule has 0 saturated carbocycles. The molecule has 0 aliphatic carbocycles. The van der Waals surface area contributed by atoms with Gasteiger partial charge in [-0.3, -0.25) is 4.79 Å². The molecule has 5 nitrogen and oxygen atoms in total. The van der Waals surface area contributed by atoms with Gasteiger partial charge in [0.1, 0.15) is 0 Å². The molecular weight excluding hydrogens is 347 g/mol. The van der Waals surface area contributed by atoms with Gasteiger partial charge in [0, 0.05) is 10.9 Å². The number of carbonyl (C=O) groups excluding carboxylic acids is 1. The molecule has 1 heterocycles. The van der Waals surface area contributed by atoms with Gasteiger partial charge in [0.15, 0.2) is 5.75 Å². The van der Waals surface area contributed by atoms with Gasteiger partial charge in [-0.25, -0.2) is 4.98 Å². The number of pyridine rings is 1. The highest BCUT2D eigenvalue weighted by Gasteiger charge is 2.33. The number of halogens is 4. The maximum atomic E-state index is 12.3. The number of carbonyl (C=O) groups is 1.